The number of amides is 1. The monoisotopic (exact) mass is 299 g/mol. The zero-order chi connectivity index (χ0) is 14.8. The van der Waals surface area contributed by atoms with Crippen LogP contribution in [0.2, 0.25) is 0 Å². The maximum absolute atomic E-state index is 12.4. The number of nitrogens with one attached hydrogen (secondary N) is 1. The number of para-hydroxylation sites is 2. The van der Waals surface area contributed by atoms with Crippen molar-refractivity contribution in [1.82, 2.24) is 4.98 Å². The lowest BCUT2D eigenvalue weighted by Gasteiger charge is -2.09. The first-order valence-electron chi connectivity index (χ1n) is 6.28. The van der Waals surface area contributed by atoms with E-state index >= 15 is 0 Å². The molecule has 1 aromatic carbocycles. The Morgan fingerprint density at radius 1 is 1.29 bits per heavy atom. The molecule has 0 saturated heterocycles. The lowest BCUT2D eigenvalue weighted by atomic mass is 10.2. The molecule has 0 aliphatic rings. The Bertz CT molecular complexity index is 814. The molecule has 1 amide bonds. The van der Waals surface area contributed by atoms with Gasteiger partial charge in [-0.3, -0.25) is 4.79 Å². The summed E-state index contributed by atoms with van der Waals surface area (Å²) in [5.41, 5.74) is 7.10. The van der Waals surface area contributed by atoms with Crippen molar-refractivity contribution in [2.75, 3.05) is 18.2 Å². The zero-order valence-corrected chi connectivity index (χ0v) is 12.1. The molecule has 3 N–H and O–H groups in total. The van der Waals surface area contributed by atoms with E-state index in [-0.39, 0.29) is 5.91 Å². The summed E-state index contributed by atoms with van der Waals surface area (Å²) in [5.74, 6) is 0.337. The van der Waals surface area contributed by atoms with Crippen molar-refractivity contribution in [1.29, 1.82) is 0 Å². The van der Waals surface area contributed by atoms with E-state index in [9.17, 15) is 4.79 Å². The fourth-order valence-electron chi connectivity index (χ4n) is 2.05. The van der Waals surface area contributed by atoms with Crippen molar-refractivity contribution < 1.29 is 9.53 Å². The minimum atomic E-state index is -0.264. The molecule has 2 heterocycles. The summed E-state index contributed by atoms with van der Waals surface area (Å²) in [4.78, 5) is 17.8. The van der Waals surface area contributed by atoms with Crippen molar-refractivity contribution in [3.05, 3.63) is 47.5 Å². The summed E-state index contributed by atoms with van der Waals surface area (Å²) in [5, 5.41) is 3.62. The predicted molar refractivity (Wildman–Crippen MR) is 85.0 cm³/mol. The first kappa shape index (κ1) is 13.4. The molecule has 2 aromatic heterocycles. The van der Waals surface area contributed by atoms with Gasteiger partial charge in [0.05, 0.1) is 18.5 Å². The molecule has 3 rings (SSSR count). The second kappa shape index (κ2) is 5.41. The first-order valence-corrected chi connectivity index (χ1v) is 7.09. The van der Waals surface area contributed by atoms with Gasteiger partial charge in [-0.15, -0.1) is 11.3 Å². The number of ether oxygens (including phenoxy) is 1. The number of nitrogens with zero attached hydrogens (tertiary/aromatic N) is 1. The number of aromatic nitrogens is 1. The third-order valence-corrected chi connectivity index (χ3v) is 4.19. The number of anilines is 2. The minimum Gasteiger partial charge on any atom is -0.495 e. The molecule has 6 heteroatoms. The third kappa shape index (κ3) is 2.41. The molecule has 0 radical (unpaired) electrons. The molecule has 0 spiro atoms. The van der Waals surface area contributed by atoms with Crippen LogP contribution < -0.4 is 15.8 Å². The molecule has 5 nitrogen and oxygen atoms in total. The Morgan fingerprint density at radius 3 is 2.86 bits per heavy atom. The highest BCUT2D eigenvalue weighted by atomic mass is 32.1. The van der Waals surface area contributed by atoms with E-state index in [1.54, 1.807) is 31.5 Å². The van der Waals surface area contributed by atoms with Gasteiger partial charge < -0.3 is 15.8 Å². The summed E-state index contributed by atoms with van der Waals surface area (Å²) in [7, 11) is 1.56. The van der Waals surface area contributed by atoms with Crippen LogP contribution in [-0.4, -0.2) is 18.0 Å². The number of hydrogen-bond donors (Lipinski definition) is 2. The van der Waals surface area contributed by atoms with E-state index in [1.807, 2.05) is 18.2 Å². The van der Waals surface area contributed by atoms with E-state index in [0.717, 1.165) is 10.2 Å². The van der Waals surface area contributed by atoms with Gasteiger partial charge in [0, 0.05) is 11.6 Å². The van der Waals surface area contributed by atoms with Gasteiger partial charge in [-0.25, -0.2) is 4.98 Å². The molecular formula is C15H13N3O2S. The number of rotatable bonds is 3. The summed E-state index contributed by atoms with van der Waals surface area (Å²) < 4.78 is 5.22. The smallest absolute Gasteiger partial charge is 0.268 e. The summed E-state index contributed by atoms with van der Waals surface area (Å²) >= 11 is 1.28. The fraction of sp³-hybridized carbons (Fsp3) is 0.0667. The Balaban J connectivity index is 1.96. The predicted octanol–water partition coefficient (Wildman–Crippen LogP) is 3.14. The van der Waals surface area contributed by atoms with E-state index in [2.05, 4.69) is 10.3 Å². The van der Waals surface area contributed by atoms with Gasteiger partial charge in [0.1, 0.15) is 15.5 Å². The topological polar surface area (TPSA) is 77.2 Å². The van der Waals surface area contributed by atoms with Crippen molar-refractivity contribution in [2.24, 2.45) is 0 Å². The Morgan fingerprint density at radius 2 is 2.10 bits per heavy atom. The fourth-order valence-corrected chi connectivity index (χ4v) is 3.01. The number of nitrogens with two attached hydrogens (primary N) is 1. The number of nitrogen functional groups attached to an aromatic ring is 1. The Kier molecular flexibility index (Phi) is 3.45. The van der Waals surface area contributed by atoms with E-state index in [4.69, 9.17) is 10.5 Å². The van der Waals surface area contributed by atoms with Gasteiger partial charge in [0.25, 0.3) is 5.91 Å². The summed E-state index contributed by atoms with van der Waals surface area (Å²) in [6.45, 7) is 0. The quantitative estimate of drug-likeness (QED) is 0.779. The van der Waals surface area contributed by atoms with Gasteiger partial charge in [0.2, 0.25) is 0 Å². The number of benzene rings is 1. The molecule has 3 aromatic rings. The van der Waals surface area contributed by atoms with Gasteiger partial charge >= 0.3 is 0 Å². The summed E-state index contributed by atoms with van der Waals surface area (Å²) in [6.07, 6.45) is 1.68. The minimum absolute atomic E-state index is 0.264. The van der Waals surface area contributed by atoms with Gasteiger partial charge in [0.15, 0.2) is 0 Å². The largest absolute Gasteiger partial charge is 0.495 e. The van der Waals surface area contributed by atoms with E-state index in [0.29, 0.717) is 22.0 Å². The highest BCUT2D eigenvalue weighted by Gasteiger charge is 2.18. The zero-order valence-electron chi connectivity index (χ0n) is 11.3. The van der Waals surface area contributed by atoms with Crippen molar-refractivity contribution in [3.63, 3.8) is 0 Å². The number of pyridine rings is 1. The molecule has 0 saturated carbocycles. The van der Waals surface area contributed by atoms with Crippen LogP contribution in [0.5, 0.6) is 5.75 Å². The van der Waals surface area contributed by atoms with E-state index in [1.165, 1.54) is 11.3 Å². The van der Waals surface area contributed by atoms with Crippen LogP contribution in [0, 0.1) is 0 Å². The van der Waals surface area contributed by atoms with Gasteiger partial charge in [-0.05, 0) is 24.3 Å². The average molecular weight is 299 g/mol. The molecule has 0 bridgehead atoms. The number of thiophene rings is 1. The van der Waals surface area contributed by atoms with Crippen LogP contribution in [-0.2, 0) is 0 Å². The lowest BCUT2D eigenvalue weighted by Crippen LogP contribution is -2.12. The first-order chi connectivity index (χ1) is 10.2. The second-order valence-electron chi connectivity index (χ2n) is 4.36. The average Bonchev–Trinajstić information content (AvgIpc) is 2.85. The van der Waals surface area contributed by atoms with Crippen molar-refractivity contribution in [3.8, 4) is 5.75 Å². The molecule has 21 heavy (non-hydrogen) atoms. The molecule has 0 fully saturated rings. The number of carbonyl (C=O) groups excluding carboxylic acids is 1. The Hall–Kier alpha value is -2.60. The van der Waals surface area contributed by atoms with E-state index < -0.39 is 0 Å². The molecule has 0 aliphatic heterocycles. The van der Waals surface area contributed by atoms with Crippen LogP contribution >= 0.6 is 11.3 Å². The van der Waals surface area contributed by atoms with Crippen LogP contribution in [0.3, 0.4) is 0 Å². The number of carbonyl (C=O) groups is 1. The second-order valence-corrected chi connectivity index (χ2v) is 5.35. The lowest BCUT2D eigenvalue weighted by molar-refractivity contribution is 0.103. The SMILES string of the molecule is COc1ccccc1NC(=O)c1sc2ncccc2c1N. The number of fused-ring (bicyclic) bond motifs is 1. The standard InChI is InChI=1S/C15H13N3O2S/c1-20-11-7-3-2-6-10(11)18-14(19)13-12(16)9-5-4-8-17-15(9)21-13/h2-8H,16H2,1H3,(H,18,19). The maximum atomic E-state index is 12.4. The molecule has 106 valence electrons. The highest BCUT2D eigenvalue weighted by molar-refractivity contribution is 7.21. The van der Waals surface area contributed by atoms with Crippen molar-refractivity contribution in [2.45, 2.75) is 0 Å². The normalized spacial score (nSPS) is 10.5. The number of hydrogen-bond acceptors (Lipinski definition) is 5. The maximum Gasteiger partial charge on any atom is 0.268 e. The van der Waals surface area contributed by atoms with Crippen molar-refractivity contribution >= 4 is 38.8 Å². The van der Waals surface area contributed by atoms with Gasteiger partial charge in [-0.2, -0.15) is 0 Å². The van der Waals surface area contributed by atoms with Crippen LogP contribution in [0.15, 0.2) is 42.6 Å². The molecular weight excluding hydrogens is 286 g/mol. The highest BCUT2D eigenvalue weighted by Crippen LogP contribution is 2.33. The van der Waals surface area contributed by atoms with Crippen LogP contribution in [0.4, 0.5) is 11.4 Å². The molecule has 0 unspecified atom stereocenters. The van der Waals surface area contributed by atoms with Crippen LogP contribution in [0.1, 0.15) is 9.67 Å². The van der Waals surface area contributed by atoms with Gasteiger partial charge in [-0.1, -0.05) is 12.1 Å². The molecule has 0 atom stereocenters. The third-order valence-electron chi connectivity index (χ3n) is 3.07. The summed E-state index contributed by atoms with van der Waals surface area (Å²) in [6, 6.07) is 10.9. The van der Waals surface area contributed by atoms with Crippen LogP contribution in [0.25, 0.3) is 10.2 Å². The number of methoxy groups -OCH3 is 1. The molecule has 0 aliphatic carbocycles. The Labute approximate surface area is 125 Å².